The molecule has 4 rings (SSSR count). The Morgan fingerprint density at radius 3 is 2.41 bits per heavy atom. The second kappa shape index (κ2) is 8.60. The summed E-state index contributed by atoms with van der Waals surface area (Å²) in [6.45, 7) is 1.68. The van der Waals surface area contributed by atoms with Crippen LogP contribution in [0.25, 0.3) is 16.9 Å². The number of rotatable bonds is 4. The lowest BCUT2D eigenvalue weighted by atomic mass is 9.76. The first kappa shape index (κ1) is 23.5. The molecule has 0 spiro atoms. The summed E-state index contributed by atoms with van der Waals surface area (Å²) in [6.07, 6.45) is 0.782. The van der Waals surface area contributed by atoms with E-state index in [1.165, 1.54) is 41.0 Å². The fraction of sp³-hybridized carbons (Fsp3) is 0.364. The number of anilines is 2. The number of aromatic nitrogens is 4. The summed E-state index contributed by atoms with van der Waals surface area (Å²) in [4.78, 5) is 21.0. The van der Waals surface area contributed by atoms with E-state index in [0.717, 1.165) is 6.20 Å². The number of halogens is 3. The van der Waals surface area contributed by atoms with Gasteiger partial charge < -0.3 is 21.5 Å². The molecule has 0 bridgehead atoms. The number of aliphatic hydroxyl groups is 1. The van der Waals surface area contributed by atoms with Crippen LogP contribution >= 0.6 is 0 Å². The summed E-state index contributed by atoms with van der Waals surface area (Å²) in [7, 11) is 0. The first-order chi connectivity index (χ1) is 16.0. The van der Waals surface area contributed by atoms with Crippen molar-refractivity contribution in [3.05, 3.63) is 48.5 Å². The Bertz CT molecular complexity index is 1190. The number of carbonyl (C=O) groups is 1. The highest BCUT2D eigenvalue weighted by molar-refractivity contribution is 5.81. The van der Waals surface area contributed by atoms with Crippen molar-refractivity contribution in [2.75, 3.05) is 24.6 Å². The highest BCUT2D eigenvalue weighted by atomic mass is 19.4. The van der Waals surface area contributed by atoms with Crippen LogP contribution in [0.4, 0.5) is 24.7 Å². The molecule has 0 aliphatic carbocycles. The second-order valence-corrected chi connectivity index (χ2v) is 8.28. The molecule has 9 nitrogen and oxygen atoms in total. The van der Waals surface area contributed by atoms with Crippen molar-refractivity contribution in [2.24, 2.45) is 5.92 Å². The maximum Gasteiger partial charge on any atom is 0.421 e. The molecule has 5 N–H and O–H groups in total. The van der Waals surface area contributed by atoms with Crippen LogP contribution in [-0.2, 0) is 10.4 Å². The van der Waals surface area contributed by atoms with Crippen molar-refractivity contribution >= 4 is 17.4 Å². The molecular weight excluding hydrogens is 451 g/mol. The predicted molar refractivity (Wildman–Crippen MR) is 118 cm³/mol. The van der Waals surface area contributed by atoms with Crippen LogP contribution in [0.15, 0.2) is 43.0 Å². The third-order valence-electron chi connectivity index (χ3n) is 6.30. The Labute approximate surface area is 193 Å². The third-order valence-corrected chi connectivity index (χ3v) is 6.30. The van der Waals surface area contributed by atoms with E-state index in [1.807, 2.05) is 0 Å². The molecule has 0 radical (unpaired) electrons. The van der Waals surface area contributed by atoms with Crippen LogP contribution in [0.1, 0.15) is 25.3 Å². The topological polar surface area (TPSA) is 136 Å². The van der Waals surface area contributed by atoms with Gasteiger partial charge in [-0.05, 0) is 25.0 Å². The zero-order valence-electron chi connectivity index (χ0n) is 18.3. The maximum atomic E-state index is 14.1. The minimum atomic E-state index is -4.92. The molecule has 1 amide bonds. The molecule has 4 heterocycles. The standard InChI is InChI=1S/C22H24F3N7O2/c1-13(33)31-8-5-15(6-9-31)21(34,22(23,24)25)16-2-3-18(29-11-16)32-12-14(10-30-32)17-4-7-28-20(27)19(17)26/h2-4,7,10-12,15,34H,5-6,8-9,26H2,1H3,(H2,27,28). The average Bonchev–Trinajstić information content (AvgIpc) is 3.30. The molecule has 12 heteroatoms. The van der Waals surface area contributed by atoms with Crippen LogP contribution in [0, 0.1) is 5.92 Å². The number of nitrogens with two attached hydrogens (primary N) is 2. The maximum absolute atomic E-state index is 14.1. The van der Waals surface area contributed by atoms with E-state index in [2.05, 4.69) is 15.1 Å². The molecule has 1 unspecified atom stereocenters. The van der Waals surface area contributed by atoms with Gasteiger partial charge >= 0.3 is 6.18 Å². The monoisotopic (exact) mass is 475 g/mol. The van der Waals surface area contributed by atoms with Crippen LogP contribution in [0.3, 0.4) is 0 Å². The van der Waals surface area contributed by atoms with Crippen LogP contribution in [-0.4, -0.2) is 54.9 Å². The SMILES string of the molecule is CC(=O)N1CCC(C(O)(c2ccc(-n3cc(-c4ccnc(N)c4N)cn3)nc2)C(F)(F)F)CC1. The molecular formula is C22H24F3N7O2. The van der Waals surface area contributed by atoms with Crippen molar-refractivity contribution in [1.29, 1.82) is 0 Å². The number of alkyl halides is 3. The smallest absolute Gasteiger partial charge is 0.395 e. The second-order valence-electron chi connectivity index (χ2n) is 8.28. The van der Waals surface area contributed by atoms with E-state index >= 15 is 0 Å². The van der Waals surface area contributed by atoms with E-state index in [1.54, 1.807) is 12.3 Å². The molecule has 1 atom stereocenters. The zero-order valence-corrected chi connectivity index (χ0v) is 18.3. The number of nitrogen functional groups attached to an aromatic ring is 2. The van der Waals surface area contributed by atoms with Crippen molar-refractivity contribution in [3.63, 3.8) is 0 Å². The van der Waals surface area contributed by atoms with Crippen LogP contribution < -0.4 is 11.5 Å². The molecule has 1 saturated heterocycles. The van der Waals surface area contributed by atoms with Gasteiger partial charge in [-0.25, -0.2) is 14.6 Å². The number of amides is 1. The lowest BCUT2D eigenvalue weighted by Crippen LogP contribution is -2.52. The molecule has 0 aromatic carbocycles. The average molecular weight is 475 g/mol. The highest BCUT2D eigenvalue weighted by Crippen LogP contribution is 2.48. The first-order valence-corrected chi connectivity index (χ1v) is 10.6. The molecule has 0 saturated carbocycles. The van der Waals surface area contributed by atoms with Crippen LogP contribution in [0.5, 0.6) is 0 Å². The predicted octanol–water partition coefficient (Wildman–Crippen LogP) is 2.50. The number of likely N-dealkylation sites (tertiary alicyclic amines) is 1. The molecule has 34 heavy (non-hydrogen) atoms. The minimum Gasteiger partial charge on any atom is -0.395 e. The lowest BCUT2D eigenvalue weighted by molar-refractivity contribution is -0.290. The van der Waals surface area contributed by atoms with E-state index in [4.69, 9.17) is 11.5 Å². The van der Waals surface area contributed by atoms with Gasteiger partial charge in [0.25, 0.3) is 0 Å². The van der Waals surface area contributed by atoms with Crippen molar-refractivity contribution in [1.82, 2.24) is 24.6 Å². The summed E-state index contributed by atoms with van der Waals surface area (Å²) in [5.74, 6) is -0.873. The van der Waals surface area contributed by atoms with Gasteiger partial charge in [-0.3, -0.25) is 4.79 Å². The number of piperidine rings is 1. The van der Waals surface area contributed by atoms with Gasteiger partial charge in [0.05, 0.1) is 11.9 Å². The van der Waals surface area contributed by atoms with Gasteiger partial charge in [-0.1, -0.05) is 6.07 Å². The quantitative estimate of drug-likeness (QED) is 0.527. The van der Waals surface area contributed by atoms with Gasteiger partial charge in [0.2, 0.25) is 5.91 Å². The van der Waals surface area contributed by atoms with Gasteiger partial charge in [-0.2, -0.15) is 18.3 Å². The Hall–Kier alpha value is -3.67. The van der Waals surface area contributed by atoms with E-state index in [-0.39, 0.29) is 54.7 Å². The number of hydrogen-bond donors (Lipinski definition) is 3. The van der Waals surface area contributed by atoms with Gasteiger partial charge in [-0.15, -0.1) is 0 Å². The molecule has 3 aromatic heterocycles. The molecule has 3 aromatic rings. The van der Waals surface area contributed by atoms with Crippen LogP contribution in [0.2, 0.25) is 0 Å². The molecule has 1 fully saturated rings. The molecule has 1 aliphatic rings. The largest absolute Gasteiger partial charge is 0.421 e. The van der Waals surface area contributed by atoms with E-state index < -0.39 is 17.7 Å². The number of pyridine rings is 2. The Morgan fingerprint density at radius 1 is 1.12 bits per heavy atom. The summed E-state index contributed by atoms with van der Waals surface area (Å²) in [5, 5.41) is 15.1. The van der Waals surface area contributed by atoms with Gasteiger partial charge in [0, 0.05) is 61.2 Å². The fourth-order valence-corrected chi connectivity index (χ4v) is 4.32. The van der Waals surface area contributed by atoms with Crippen molar-refractivity contribution in [2.45, 2.75) is 31.5 Å². The van der Waals surface area contributed by atoms with Gasteiger partial charge in [0.1, 0.15) is 5.82 Å². The summed E-state index contributed by atoms with van der Waals surface area (Å²) in [5.41, 5.74) is 9.80. The minimum absolute atomic E-state index is 0.0242. The van der Waals surface area contributed by atoms with Crippen molar-refractivity contribution in [3.8, 4) is 16.9 Å². The summed E-state index contributed by atoms with van der Waals surface area (Å²) in [6, 6.07) is 4.23. The Kier molecular flexibility index (Phi) is 5.94. The van der Waals surface area contributed by atoms with E-state index in [0.29, 0.717) is 11.1 Å². The fourth-order valence-electron chi connectivity index (χ4n) is 4.32. The summed E-state index contributed by atoms with van der Waals surface area (Å²) < 4.78 is 43.7. The lowest BCUT2D eigenvalue weighted by Gasteiger charge is -2.42. The normalized spacial score (nSPS) is 16.9. The number of hydrogen-bond acceptors (Lipinski definition) is 7. The first-order valence-electron chi connectivity index (χ1n) is 10.6. The van der Waals surface area contributed by atoms with Gasteiger partial charge in [0.15, 0.2) is 11.4 Å². The molecule has 180 valence electrons. The zero-order chi connectivity index (χ0) is 24.7. The Morgan fingerprint density at radius 2 is 1.82 bits per heavy atom. The Balaban J connectivity index is 1.61. The molecule has 1 aliphatic heterocycles. The van der Waals surface area contributed by atoms with E-state index in [9.17, 15) is 23.1 Å². The highest BCUT2D eigenvalue weighted by Gasteiger charge is 2.59. The number of carbonyl (C=O) groups excluding carboxylic acids is 1. The van der Waals surface area contributed by atoms with Crippen molar-refractivity contribution < 1.29 is 23.1 Å². The number of nitrogens with zero attached hydrogens (tertiary/aromatic N) is 5. The third kappa shape index (κ3) is 4.04. The summed E-state index contributed by atoms with van der Waals surface area (Å²) >= 11 is 0.